The van der Waals surface area contributed by atoms with Crippen molar-refractivity contribution in [1.29, 1.82) is 0 Å². The molecule has 0 amide bonds. The van der Waals surface area contributed by atoms with Gasteiger partial charge in [-0.1, -0.05) is 0 Å². The number of hydrogen-bond donors (Lipinski definition) is 1. The van der Waals surface area contributed by atoms with Gasteiger partial charge in [-0.3, -0.25) is 4.79 Å². The number of aliphatic hydroxyl groups is 1. The average molecular weight is 158 g/mol. The van der Waals surface area contributed by atoms with Crippen molar-refractivity contribution in [2.45, 2.75) is 32.8 Å². The summed E-state index contributed by atoms with van der Waals surface area (Å²) in [4.78, 5) is 11.1. The van der Waals surface area contributed by atoms with Crippen LogP contribution in [0.1, 0.15) is 26.7 Å². The van der Waals surface area contributed by atoms with Crippen molar-refractivity contribution >= 4 is 5.97 Å². The quantitative estimate of drug-likeness (QED) is 0.602. The number of aliphatic hydroxyl groups excluding tert-OH is 1. The number of hydrogen-bond acceptors (Lipinski definition) is 3. The maximum Gasteiger partial charge on any atom is 0.311 e. The van der Waals surface area contributed by atoms with Gasteiger partial charge in [0.25, 0.3) is 0 Å². The van der Waals surface area contributed by atoms with Crippen molar-refractivity contribution in [2.24, 2.45) is 5.41 Å². The van der Waals surface area contributed by atoms with Crippen molar-refractivity contribution in [3.8, 4) is 0 Å². The molecular formula is C8H14O3. The van der Waals surface area contributed by atoms with E-state index in [1.54, 1.807) is 0 Å². The summed E-state index contributed by atoms with van der Waals surface area (Å²) in [6, 6.07) is 0. The lowest BCUT2D eigenvalue weighted by molar-refractivity contribution is -0.147. The van der Waals surface area contributed by atoms with E-state index in [9.17, 15) is 4.79 Å². The highest BCUT2D eigenvalue weighted by Crippen LogP contribution is 2.33. The third-order valence-corrected chi connectivity index (χ3v) is 2.02. The minimum absolute atomic E-state index is 0.0671. The van der Waals surface area contributed by atoms with Gasteiger partial charge in [-0.15, -0.1) is 0 Å². The van der Waals surface area contributed by atoms with Crippen LogP contribution in [0.15, 0.2) is 0 Å². The summed E-state index contributed by atoms with van der Waals surface area (Å²) in [5, 5.41) is 8.59. The molecule has 1 rings (SSSR count). The molecule has 1 N–H and O–H groups in total. The van der Waals surface area contributed by atoms with Gasteiger partial charge in [0.05, 0.1) is 5.41 Å². The summed E-state index contributed by atoms with van der Waals surface area (Å²) in [5.74, 6) is -0.143. The molecule has 1 saturated heterocycles. The summed E-state index contributed by atoms with van der Waals surface area (Å²) in [5.41, 5.74) is -0.347. The third-order valence-electron chi connectivity index (χ3n) is 2.02. The normalized spacial score (nSPS) is 28.6. The van der Waals surface area contributed by atoms with E-state index in [2.05, 4.69) is 0 Å². The van der Waals surface area contributed by atoms with Crippen LogP contribution in [0.5, 0.6) is 0 Å². The molecule has 64 valence electrons. The zero-order chi connectivity index (χ0) is 8.48. The largest absolute Gasteiger partial charge is 0.462 e. The minimum Gasteiger partial charge on any atom is -0.462 e. The Morgan fingerprint density at radius 3 is 2.73 bits per heavy atom. The molecule has 0 aromatic rings. The van der Waals surface area contributed by atoms with E-state index in [0.717, 1.165) is 6.42 Å². The van der Waals surface area contributed by atoms with Crippen LogP contribution in [0, 0.1) is 5.41 Å². The monoisotopic (exact) mass is 158 g/mol. The van der Waals surface area contributed by atoms with Crippen molar-refractivity contribution in [3.63, 3.8) is 0 Å². The zero-order valence-corrected chi connectivity index (χ0v) is 6.96. The molecule has 1 aliphatic rings. The Bertz CT molecular complexity index is 163. The third kappa shape index (κ3) is 1.71. The first kappa shape index (κ1) is 8.53. The maximum absolute atomic E-state index is 11.1. The van der Waals surface area contributed by atoms with Gasteiger partial charge < -0.3 is 9.84 Å². The lowest BCUT2D eigenvalue weighted by Gasteiger charge is -2.09. The van der Waals surface area contributed by atoms with E-state index >= 15 is 0 Å². The van der Waals surface area contributed by atoms with Crippen LogP contribution in [0.25, 0.3) is 0 Å². The van der Waals surface area contributed by atoms with Crippen LogP contribution in [-0.4, -0.2) is 23.8 Å². The van der Waals surface area contributed by atoms with E-state index in [-0.39, 0.29) is 24.1 Å². The lowest BCUT2D eigenvalue weighted by Crippen LogP contribution is -2.16. The molecule has 3 heteroatoms. The number of carbonyl (C=O) groups is 1. The van der Waals surface area contributed by atoms with Gasteiger partial charge >= 0.3 is 5.97 Å². The second-order valence-corrected chi connectivity index (χ2v) is 3.63. The Balaban J connectivity index is 2.50. The van der Waals surface area contributed by atoms with Crippen molar-refractivity contribution in [1.82, 2.24) is 0 Å². The fourth-order valence-corrected chi connectivity index (χ4v) is 1.31. The molecule has 0 spiro atoms. The Morgan fingerprint density at radius 1 is 1.73 bits per heavy atom. The predicted molar refractivity (Wildman–Crippen MR) is 40.0 cm³/mol. The molecule has 0 radical (unpaired) electrons. The lowest BCUT2D eigenvalue weighted by atomic mass is 9.89. The Labute approximate surface area is 66.4 Å². The van der Waals surface area contributed by atoms with Gasteiger partial charge in [-0.05, 0) is 13.8 Å². The molecule has 1 fully saturated rings. The van der Waals surface area contributed by atoms with Crippen molar-refractivity contribution in [2.75, 3.05) is 6.61 Å². The average Bonchev–Trinajstić information content (AvgIpc) is 2.08. The van der Waals surface area contributed by atoms with Crippen LogP contribution in [-0.2, 0) is 9.53 Å². The number of esters is 1. The summed E-state index contributed by atoms with van der Waals surface area (Å²) in [6.45, 7) is 3.83. The Kier molecular flexibility index (Phi) is 2.18. The topological polar surface area (TPSA) is 46.5 Å². The number of carbonyl (C=O) groups excluding carboxylic acids is 1. The van der Waals surface area contributed by atoms with Crippen LogP contribution in [0.2, 0.25) is 0 Å². The smallest absolute Gasteiger partial charge is 0.311 e. The van der Waals surface area contributed by atoms with E-state index in [4.69, 9.17) is 9.84 Å². The summed E-state index contributed by atoms with van der Waals surface area (Å²) in [6.07, 6.45) is 1.23. The van der Waals surface area contributed by atoms with Gasteiger partial charge in [0, 0.05) is 19.4 Å². The standard InChI is InChI=1S/C8H14O3/c1-8(2)5-6(3-4-9)11-7(8)10/h6,9H,3-5H2,1-2H3/t6-/m1/s1. The fraction of sp³-hybridized carbons (Fsp3) is 0.875. The summed E-state index contributed by atoms with van der Waals surface area (Å²) in [7, 11) is 0. The van der Waals surface area contributed by atoms with Gasteiger partial charge in [0.2, 0.25) is 0 Å². The van der Waals surface area contributed by atoms with Gasteiger partial charge in [-0.2, -0.15) is 0 Å². The highest BCUT2D eigenvalue weighted by atomic mass is 16.6. The van der Waals surface area contributed by atoms with Crippen LogP contribution in [0.4, 0.5) is 0 Å². The molecule has 0 aromatic heterocycles. The molecule has 1 aliphatic heterocycles. The molecule has 0 unspecified atom stereocenters. The van der Waals surface area contributed by atoms with Crippen LogP contribution >= 0.6 is 0 Å². The Morgan fingerprint density at radius 2 is 2.36 bits per heavy atom. The van der Waals surface area contributed by atoms with Crippen molar-refractivity contribution in [3.05, 3.63) is 0 Å². The van der Waals surface area contributed by atoms with Gasteiger partial charge in [0.1, 0.15) is 6.10 Å². The maximum atomic E-state index is 11.1. The molecule has 3 nitrogen and oxygen atoms in total. The number of cyclic esters (lactones) is 1. The molecular weight excluding hydrogens is 144 g/mol. The molecule has 0 bridgehead atoms. The van der Waals surface area contributed by atoms with E-state index in [0.29, 0.717) is 6.42 Å². The number of rotatable bonds is 2. The van der Waals surface area contributed by atoms with Gasteiger partial charge in [-0.25, -0.2) is 0 Å². The second kappa shape index (κ2) is 2.81. The fourth-order valence-electron chi connectivity index (χ4n) is 1.31. The number of ether oxygens (including phenoxy) is 1. The van der Waals surface area contributed by atoms with Crippen LogP contribution < -0.4 is 0 Å². The molecule has 1 heterocycles. The Hall–Kier alpha value is -0.570. The highest BCUT2D eigenvalue weighted by Gasteiger charge is 2.40. The molecule has 0 aliphatic carbocycles. The van der Waals surface area contributed by atoms with E-state index in [1.165, 1.54) is 0 Å². The zero-order valence-electron chi connectivity index (χ0n) is 6.96. The second-order valence-electron chi connectivity index (χ2n) is 3.63. The first-order valence-electron chi connectivity index (χ1n) is 3.88. The first-order chi connectivity index (χ1) is 5.06. The molecule has 0 aromatic carbocycles. The summed E-state index contributed by atoms with van der Waals surface area (Å²) < 4.78 is 5.02. The molecule has 0 saturated carbocycles. The first-order valence-corrected chi connectivity index (χ1v) is 3.88. The highest BCUT2D eigenvalue weighted by molar-refractivity contribution is 5.78. The van der Waals surface area contributed by atoms with E-state index in [1.807, 2.05) is 13.8 Å². The molecule has 1 atom stereocenters. The predicted octanol–water partition coefficient (Wildman–Crippen LogP) is 0.710. The minimum atomic E-state index is -0.347. The van der Waals surface area contributed by atoms with E-state index < -0.39 is 0 Å². The SMILES string of the molecule is CC1(C)C[C@@H](CCO)OC1=O. The molecule has 11 heavy (non-hydrogen) atoms. The van der Waals surface area contributed by atoms with Crippen molar-refractivity contribution < 1.29 is 14.6 Å². The van der Waals surface area contributed by atoms with Crippen LogP contribution in [0.3, 0.4) is 0 Å². The van der Waals surface area contributed by atoms with Gasteiger partial charge in [0.15, 0.2) is 0 Å². The summed E-state index contributed by atoms with van der Waals surface area (Å²) >= 11 is 0.